The Kier molecular flexibility index (Phi) is 4.16. The molecule has 0 aliphatic carbocycles. The molecule has 0 bridgehead atoms. The molecule has 0 atom stereocenters. The topological polar surface area (TPSA) is 96.6 Å². The Hall–Kier alpha value is -3.52. The summed E-state index contributed by atoms with van der Waals surface area (Å²) in [7, 11) is 0. The molecule has 26 heavy (non-hydrogen) atoms. The lowest BCUT2D eigenvalue weighted by atomic mass is 10.1. The van der Waals surface area contributed by atoms with Crippen molar-refractivity contribution in [2.45, 2.75) is 0 Å². The van der Waals surface area contributed by atoms with Gasteiger partial charge in [0, 0.05) is 21.7 Å². The minimum absolute atomic E-state index is 0.472. The van der Waals surface area contributed by atoms with Crippen LogP contribution in [0.25, 0.3) is 16.6 Å². The van der Waals surface area contributed by atoms with Gasteiger partial charge in [-0.15, -0.1) is 5.10 Å². The third-order valence-corrected chi connectivity index (χ3v) is 3.93. The van der Waals surface area contributed by atoms with E-state index in [1.54, 1.807) is 28.8 Å². The number of tetrazole rings is 1. The number of aromatic nitrogens is 4. The number of anilines is 1. The zero-order valence-electron chi connectivity index (χ0n) is 13.3. The van der Waals surface area contributed by atoms with E-state index >= 15 is 0 Å². The fourth-order valence-corrected chi connectivity index (χ4v) is 2.64. The van der Waals surface area contributed by atoms with Gasteiger partial charge in [0.15, 0.2) is 5.65 Å². The van der Waals surface area contributed by atoms with Crippen LogP contribution in [0.2, 0.25) is 5.02 Å². The van der Waals surface area contributed by atoms with E-state index in [0.29, 0.717) is 21.9 Å². The summed E-state index contributed by atoms with van der Waals surface area (Å²) in [6.45, 7) is 0. The van der Waals surface area contributed by atoms with Crippen LogP contribution in [0.5, 0.6) is 0 Å². The van der Waals surface area contributed by atoms with Crippen molar-refractivity contribution in [1.29, 1.82) is 0 Å². The van der Waals surface area contributed by atoms with Crippen LogP contribution in [-0.2, 0) is 0 Å². The highest BCUT2D eigenvalue weighted by Gasteiger charge is 2.08. The summed E-state index contributed by atoms with van der Waals surface area (Å²) in [6.07, 6.45) is 1.50. The molecule has 128 valence electrons. The molecule has 0 saturated heterocycles. The zero-order valence-corrected chi connectivity index (χ0v) is 14.1. The Labute approximate surface area is 152 Å². The number of pyridine rings is 1. The van der Waals surface area contributed by atoms with E-state index in [1.165, 1.54) is 6.21 Å². The third kappa shape index (κ3) is 3.17. The Balaban J connectivity index is 1.53. The normalized spacial score (nSPS) is 11.3. The molecule has 0 unspecified atom stereocenters. The quantitative estimate of drug-likeness (QED) is 0.430. The molecule has 0 spiro atoms. The van der Waals surface area contributed by atoms with E-state index < -0.39 is 6.03 Å². The number of rotatable bonds is 3. The highest BCUT2D eigenvalue weighted by molar-refractivity contribution is 6.30. The lowest BCUT2D eigenvalue weighted by Gasteiger charge is -2.04. The maximum atomic E-state index is 11.9. The number of hydrazone groups is 1. The van der Waals surface area contributed by atoms with Crippen LogP contribution in [0.1, 0.15) is 5.56 Å². The van der Waals surface area contributed by atoms with Crippen molar-refractivity contribution in [3.63, 3.8) is 0 Å². The number of halogens is 1. The van der Waals surface area contributed by atoms with Gasteiger partial charge in [0.1, 0.15) is 0 Å². The lowest BCUT2D eigenvalue weighted by Crippen LogP contribution is -2.24. The Morgan fingerprint density at radius 2 is 1.96 bits per heavy atom. The molecule has 8 nitrogen and oxygen atoms in total. The minimum atomic E-state index is -0.472. The number of para-hydroxylation sites is 1. The average molecular weight is 366 g/mol. The van der Waals surface area contributed by atoms with Gasteiger partial charge in [-0.25, -0.2) is 10.2 Å². The average Bonchev–Trinajstić information content (AvgIpc) is 3.14. The number of urea groups is 1. The molecular weight excluding hydrogens is 354 g/mol. The van der Waals surface area contributed by atoms with Gasteiger partial charge in [-0.1, -0.05) is 29.8 Å². The molecule has 0 radical (unpaired) electrons. The summed E-state index contributed by atoms with van der Waals surface area (Å²) in [4.78, 5) is 11.9. The Bertz CT molecular complexity index is 1120. The molecule has 0 saturated carbocycles. The van der Waals surface area contributed by atoms with Crippen molar-refractivity contribution in [3.8, 4) is 0 Å². The molecule has 2 amide bonds. The number of fused-ring (bicyclic) bond motifs is 3. The molecule has 0 fully saturated rings. The molecule has 2 aromatic carbocycles. The van der Waals surface area contributed by atoms with Crippen LogP contribution in [0.3, 0.4) is 0 Å². The molecule has 4 aromatic rings. The first-order chi connectivity index (χ1) is 12.7. The molecule has 2 aromatic heterocycles. The predicted molar refractivity (Wildman–Crippen MR) is 99.5 cm³/mol. The van der Waals surface area contributed by atoms with Gasteiger partial charge in [0.2, 0.25) is 0 Å². The van der Waals surface area contributed by atoms with Gasteiger partial charge in [0.25, 0.3) is 0 Å². The standard InChI is InChI=1S/C17H12ClN7O/c18-13-5-7-14(8-6-13)20-17(26)22-19-10-12-9-11-3-1-2-4-15(11)25-16(12)21-23-24-25/h1-10H,(H2,20,22,26)/b19-10+. The summed E-state index contributed by atoms with van der Waals surface area (Å²) in [5, 5.41) is 19.9. The molecule has 2 heterocycles. The van der Waals surface area contributed by atoms with Crippen LogP contribution in [0, 0.1) is 0 Å². The Morgan fingerprint density at radius 3 is 2.81 bits per heavy atom. The summed E-state index contributed by atoms with van der Waals surface area (Å²) >= 11 is 5.81. The monoisotopic (exact) mass is 365 g/mol. The summed E-state index contributed by atoms with van der Waals surface area (Å²) in [6, 6.07) is 15.9. The number of hydrogen-bond acceptors (Lipinski definition) is 5. The van der Waals surface area contributed by atoms with Crippen LogP contribution >= 0.6 is 11.6 Å². The first-order valence-corrected chi connectivity index (χ1v) is 8.04. The van der Waals surface area contributed by atoms with Crippen LogP contribution in [0.4, 0.5) is 10.5 Å². The number of carbonyl (C=O) groups is 1. The maximum absolute atomic E-state index is 11.9. The Morgan fingerprint density at radius 1 is 1.15 bits per heavy atom. The number of benzene rings is 2. The second kappa shape index (κ2) is 6.77. The van der Waals surface area contributed by atoms with Crippen LogP contribution in [-0.4, -0.2) is 32.3 Å². The van der Waals surface area contributed by atoms with Gasteiger partial charge < -0.3 is 5.32 Å². The molecule has 0 aliphatic rings. The predicted octanol–water partition coefficient (Wildman–Crippen LogP) is 3.09. The first-order valence-electron chi connectivity index (χ1n) is 7.66. The lowest BCUT2D eigenvalue weighted by molar-refractivity contribution is 0.252. The summed E-state index contributed by atoms with van der Waals surface area (Å²) in [5.41, 5.74) is 5.13. The van der Waals surface area contributed by atoms with Crippen molar-refractivity contribution in [2.75, 3.05) is 5.32 Å². The van der Waals surface area contributed by atoms with E-state index in [2.05, 4.69) is 31.4 Å². The molecular formula is C17H12ClN7O. The first kappa shape index (κ1) is 16.0. The number of hydrogen-bond donors (Lipinski definition) is 2. The SMILES string of the molecule is O=C(N/N=C/c1cc2ccccc2n2nnnc12)Nc1ccc(Cl)cc1. The third-order valence-electron chi connectivity index (χ3n) is 3.68. The second-order valence-electron chi connectivity index (χ2n) is 5.40. The number of nitrogens with zero attached hydrogens (tertiary/aromatic N) is 5. The van der Waals surface area contributed by atoms with Crippen LogP contribution in [0.15, 0.2) is 59.7 Å². The van der Waals surface area contributed by atoms with Crippen molar-refractivity contribution in [1.82, 2.24) is 25.5 Å². The van der Waals surface area contributed by atoms with Crippen molar-refractivity contribution in [2.24, 2.45) is 5.10 Å². The van der Waals surface area contributed by atoms with E-state index in [4.69, 9.17) is 11.6 Å². The largest absolute Gasteiger partial charge is 0.339 e. The zero-order chi connectivity index (χ0) is 17.9. The minimum Gasteiger partial charge on any atom is -0.307 e. The maximum Gasteiger partial charge on any atom is 0.339 e. The van der Waals surface area contributed by atoms with Crippen molar-refractivity contribution >= 4 is 46.1 Å². The summed E-state index contributed by atoms with van der Waals surface area (Å²) < 4.78 is 1.63. The number of nitrogens with one attached hydrogen (secondary N) is 2. The fourth-order valence-electron chi connectivity index (χ4n) is 2.51. The van der Waals surface area contributed by atoms with Gasteiger partial charge in [-0.05, 0) is 46.8 Å². The van der Waals surface area contributed by atoms with Crippen molar-refractivity contribution < 1.29 is 4.79 Å². The van der Waals surface area contributed by atoms with E-state index in [9.17, 15) is 4.79 Å². The van der Waals surface area contributed by atoms with Gasteiger partial charge >= 0.3 is 6.03 Å². The number of carbonyl (C=O) groups excluding carboxylic acids is 1. The van der Waals surface area contributed by atoms with E-state index in [0.717, 1.165) is 10.9 Å². The van der Waals surface area contributed by atoms with Crippen LogP contribution < -0.4 is 10.7 Å². The smallest absolute Gasteiger partial charge is 0.307 e. The van der Waals surface area contributed by atoms with Gasteiger partial charge in [-0.2, -0.15) is 9.62 Å². The van der Waals surface area contributed by atoms with Gasteiger partial charge in [0.05, 0.1) is 11.7 Å². The number of amides is 2. The molecule has 2 N–H and O–H groups in total. The highest BCUT2D eigenvalue weighted by Crippen LogP contribution is 2.17. The second-order valence-corrected chi connectivity index (χ2v) is 5.84. The molecule has 9 heteroatoms. The molecule has 4 rings (SSSR count). The van der Waals surface area contributed by atoms with E-state index in [-0.39, 0.29) is 0 Å². The molecule has 0 aliphatic heterocycles. The fraction of sp³-hybridized carbons (Fsp3) is 0. The van der Waals surface area contributed by atoms with Crippen molar-refractivity contribution in [3.05, 3.63) is 65.2 Å². The van der Waals surface area contributed by atoms with Gasteiger partial charge in [-0.3, -0.25) is 0 Å². The summed E-state index contributed by atoms with van der Waals surface area (Å²) in [5.74, 6) is 0. The van der Waals surface area contributed by atoms with E-state index in [1.807, 2.05) is 30.3 Å². The highest BCUT2D eigenvalue weighted by atomic mass is 35.5.